The molecule has 3 rings (SSSR count). The van der Waals surface area contributed by atoms with Gasteiger partial charge in [-0.3, -0.25) is 9.36 Å². The monoisotopic (exact) mass is 317 g/mol. The van der Waals surface area contributed by atoms with Crippen LogP contribution in [0.4, 0.5) is 0 Å². The number of nitrogens with zero attached hydrogens (tertiary/aromatic N) is 2. The van der Waals surface area contributed by atoms with Gasteiger partial charge in [-0.25, -0.2) is 4.98 Å². The Balaban J connectivity index is 1.81. The molecule has 1 amide bonds. The van der Waals surface area contributed by atoms with E-state index in [1.165, 1.54) is 11.8 Å². The number of carbonyl (C=O) groups is 1. The molecular formula is C16H19N3O2S. The average Bonchev–Trinajstić information content (AvgIpc) is 3.22. The van der Waals surface area contributed by atoms with Gasteiger partial charge in [0.05, 0.1) is 12.3 Å². The van der Waals surface area contributed by atoms with Crippen molar-refractivity contribution in [2.45, 2.75) is 24.1 Å². The highest BCUT2D eigenvalue weighted by Crippen LogP contribution is 2.21. The molecule has 1 saturated heterocycles. The number of benzene rings is 1. The van der Waals surface area contributed by atoms with Crippen molar-refractivity contribution in [3.05, 3.63) is 42.2 Å². The van der Waals surface area contributed by atoms with Crippen molar-refractivity contribution in [3.63, 3.8) is 0 Å². The third-order valence-corrected chi connectivity index (χ3v) is 4.33. The number of hydrogen-bond donors (Lipinski definition) is 1. The molecule has 5 nitrogen and oxygen atoms in total. The molecule has 6 heteroatoms. The highest BCUT2D eigenvalue weighted by molar-refractivity contribution is 7.98. The second kappa shape index (κ2) is 6.98. The van der Waals surface area contributed by atoms with E-state index in [9.17, 15) is 4.79 Å². The lowest BCUT2D eigenvalue weighted by Gasteiger charge is -2.13. The molecule has 1 aromatic heterocycles. The zero-order chi connectivity index (χ0) is 15.4. The van der Waals surface area contributed by atoms with Gasteiger partial charge in [0.2, 0.25) is 0 Å². The molecule has 1 aromatic carbocycles. The Hall–Kier alpha value is -1.79. The molecule has 1 fully saturated rings. The zero-order valence-electron chi connectivity index (χ0n) is 12.5. The maximum Gasteiger partial charge on any atom is 0.270 e. The highest BCUT2D eigenvalue weighted by Gasteiger charge is 2.20. The Morgan fingerprint density at radius 3 is 2.95 bits per heavy atom. The molecule has 1 N–H and O–H groups in total. The van der Waals surface area contributed by atoms with Crippen LogP contribution in [0.5, 0.6) is 0 Å². The average molecular weight is 317 g/mol. The molecular weight excluding hydrogens is 298 g/mol. The van der Waals surface area contributed by atoms with Crippen molar-refractivity contribution in [1.82, 2.24) is 14.9 Å². The first-order valence-electron chi connectivity index (χ1n) is 7.36. The molecule has 0 saturated carbocycles. The minimum absolute atomic E-state index is 0.118. The van der Waals surface area contributed by atoms with Crippen LogP contribution in [0.25, 0.3) is 5.69 Å². The summed E-state index contributed by atoms with van der Waals surface area (Å²) >= 11 is 1.52. The van der Waals surface area contributed by atoms with E-state index in [1.807, 2.05) is 41.2 Å². The van der Waals surface area contributed by atoms with Crippen LogP contribution in [0.2, 0.25) is 0 Å². The maximum absolute atomic E-state index is 12.5. The number of para-hydroxylation sites is 1. The third-order valence-electron chi connectivity index (χ3n) is 3.67. The largest absolute Gasteiger partial charge is 0.376 e. The number of imidazole rings is 1. The van der Waals surface area contributed by atoms with E-state index in [0.29, 0.717) is 12.2 Å². The molecule has 1 atom stereocenters. The number of ether oxygens (including phenoxy) is 1. The second-order valence-corrected chi connectivity index (χ2v) is 5.92. The van der Waals surface area contributed by atoms with Crippen LogP contribution >= 0.6 is 11.8 Å². The Bertz CT molecular complexity index is 636. The van der Waals surface area contributed by atoms with E-state index < -0.39 is 0 Å². The number of rotatable bonds is 5. The van der Waals surface area contributed by atoms with Gasteiger partial charge in [-0.05, 0) is 31.2 Å². The molecule has 1 aliphatic heterocycles. The van der Waals surface area contributed by atoms with Gasteiger partial charge in [-0.2, -0.15) is 0 Å². The molecule has 0 bridgehead atoms. The normalized spacial score (nSPS) is 17.6. The summed E-state index contributed by atoms with van der Waals surface area (Å²) in [7, 11) is 0. The first-order chi connectivity index (χ1) is 10.8. The molecule has 1 aliphatic rings. The minimum atomic E-state index is -0.118. The van der Waals surface area contributed by atoms with Crippen molar-refractivity contribution < 1.29 is 9.53 Å². The van der Waals surface area contributed by atoms with Gasteiger partial charge >= 0.3 is 0 Å². The number of thioether (sulfide) groups is 1. The number of aromatic nitrogens is 2. The van der Waals surface area contributed by atoms with Crippen LogP contribution in [-0.4, -0.2) is 41.0 Å². The fourth-order valence-electron chi connectivity index (χ4n) is 2.57. The van der Waals surface area contributed by atoms with E-state index in [4.69, 9.17) is 4.74 Å². The summed E-state index contributed by atoms with van der Waals surface area (Å²) in [6.07, 6.45) is 5.80. The lowest BCUT2D eigenvalue weighted by atomic mass is 10.2. The SMILES string of the molecule is CSc1ncc(C(=O)NCC2CCCO2)n1-c1ccccc1. The van der Waals surface area contributed by atoms with Crippen molar-refractivity contribution >= 4 is 17.7 Å². The van der Waals surface area contributed by atoms with E-state index in [1.54, 1.807) is 6.20 Å². The molecule has 22 heavy (non-hydrogen) atoms. The summed E-state index contributed by atoms with van der Waals surface area (Å²) in [5.41, 5.74) is 1.49. The topological polar surface area (TPSA) is 56.1 Å². The summed E-state index contributed by atoms with van der Waals surface area (Å²) in [4.78, 5) is 16.8. The highest BCUT2D eigenvalue weighted by atomic mass is 32.2. The summed E-state index contributed by atoms with van der Waals surface area (Å²) in [5.74, 6) is -0.118. The zero-order valence-corrected chi connectivity index (χ0v) is 13.3. The molecule has 0 spiro atoms. The van der Waals surface area contributed by atoms with E-state index >= 15 is 0 Å². The number of hydrogen-bond acceptors (Lipinski definition) is 4. The fourth-order valence-corrected chi connectivity index (χ4v) is 3.11. The Morgan fingerprint density at radius 2 is 2.27 bits per heavy atom. The van der Waals surface area contributed by atoms with Crippen molar-refractivity contribution in [2.24, 2.45) is 0 Å². The van der Waals surface area contributed by atoms with Gasteiger partial charge in [0.15, 0.2) is 5.16 Å². The second-order valence-electron chi connectivity index (χ2n) is 5.15. The van der Waals surface area contributed by atoms with E-state index in [2.05, 4.69) is 10.3 Å². The molecule has 1 unspecified atom stereocenters. The standard InChI is InChI=1S/C16H19N3O2S/c1-22-16-18-11-14(19(16)12-6-3-2-4-7-12)15(20)17-10-13-8-5-9-21-13/h2-4,6-7,11,13H,5,8-10H2,1H3,(H,17,20). The molecule has 116 valence electrons. The van der Waals surface area contributed by atoms with Crippen LogP contribution in [0, 0.1) is 0 Å². The quantitative estimate of drug-likeness (QED) is 0.861. The van der Waals surface area contributed by atoms with Gasteiger partial charge in [0.1, 0.15) is 5.69 Å². The fraction of sp³-hybridized carbons (Fsp3) is 0.375. The van der Waals surface area contributed by atoms with Crippen LogP contribution in [0.15, 0.2) is 41.7 Å². The molecule has 2 aromatic rings. The summed E-state index contributed by atoms with van der Waals surface area (Å²) in [6, 6.07) is 9.80. The molecule has 0 aliphatic carbocycles. The van der Waals surface area contributed by atoms with Crippen LogP contribution in [0.1, 0.15) is 23.3 Å². The number of carbonyl (C=O) groups excluding carboxylic acids is 1. The summed E-state index contributed by atoms with van der Waals surface area (Å²) in [6.45, 7) is 1.34. The van der Waals surface area contributed by atoms with Crippen molar-refractivity contribution in [1.29, 1.82) is 0 Å². The third kappa shape index (κ3) is 3.18. The smallest absolute Gasteiger partial charge is 0.270 e. The Kier molecular flexibility index (Phi) is 4.80. The first-order valence-corrected chi connectivity index (χ1v) is 8.59. The van der Waals surface area contributed by atoms with Crippen molar-refractivity contribution in [2.75, 3.05) is 19.4 Å². The first kappa shape index (κ1) is 15.1. The van der Waals surface area contributed by atoms with E-state index in [-0.39, 0.29) is 12.0 Å². The van der Waals surface area contributed by atoms with E-state index in [0.717, 1.165) is 30.3 Å². The van der Waals surface area contributed by atoms with Gasteiger partial charge in [0.25, 0.3) is 5.91 Å². The summed E-state index contributed by atoms with van der Waals surface area (Å²) < 4.78 is 7.42. The van der Waals surface area contributed by atoms with Gasteiger partial charge < -0.3 is 10.1 Å². The minimum Gasteiger partial charge on any atom is -0.376 e. The maximum atomic E-state index is 12.5. The lowest BCUT2D eigenvalue weighted by Crippen LogP contribution is -2.32. The predicted octanol–water partition coefficient (Wildman–Crippen LogP) is 2.50. The predicted molar refractivity (Wildman–Crippen MR) is 86.7 cm³/mol. The number of nitrogens with one attached hydrogen (secondary N) is 1. The Morgan fingerprint density at radius 1 is 1.45 bits per heavy atom. The summed E-state index contributed by atoms with van der Waals surface area (Å²) in [5, 5.41) is 3.75. The molecule has 0 radical (unpaired) electrons. The van der Waals surface area contributed by atoms with Crippen LogP contribution in [0.3, 0.4) is 0 Å². The number of amides is 1. The van der Waals surface area contributed by atoms with Crippen LogP contribution < -0.4 is 5.32 Å². The molecule has 2 heterocycles. The van der Waals surface area contributed by atoms with Gasteiger partial charge in [-0.15, -0.1) is 0 Å². The van der Waals surface area contributed by atoms with Gasteiger partial charge in [-0.1, -0.05) is 30.0 Å². The van der Waals surface area contributed by atoms with Crippen LogP contribution in [-0.2, 0) is 4.74 Å². The van der Waals surface area contributed by atoms with Gasteiger partial charge in [0, 0.05) is 18.8 Å². The lowest BCUT2D eigenvalue weighted by molar-refractivity contribution is 0.0851. The Labute approximate surface area is 134 Å². The van der Waals surface area contributed by atoms with Crippen molar-refractivity contribution in [3.8, 4) is 5.69 Å².